The van der Waals surface area contributed by atoms with Gasteiger partial charge in [-0.1, -0.05) is 0 Å². The van der Waals surface area contributed by atoms with Gasteiger partial charge >= 0.3 is 0 Å². The second kappa shape index (κ2) is 3.74. The maximum absolute atomic E-state index is 11.3. The number of carbonyl (C=O) groups is 2. The minimum absolute atomic E-state index is 0.253. The van der Waals surface area contributed by atoms with Crippen LogP contribution in [0, 0.1) is 11.8 Å². The third kappa shape index (κ3) is 1.98. The summed E-state index contributed by atoms with van der Waals surface area (Å²) >= 11 is 0. The fourth-order valence-electron chi connectivity index (χ4n) is 1.78. The van der Waals surface area contributed by atoms with E-state index >= 15 is 0 Å². The zero-order valence-electron chi connectivity index (χ0n) is 8.41. The maximum atomic E-state index is 11.3. The van der Waals surface area contributed by atoms with Crippen molar-refractivity contribution in [2.24, 2.45) is 17.6 Å². The van der Waals surface area contributed by atoms with Crippen LogP contribution in [-0.2, 0) is 9.59 Å². The second-order valence-corrected chi connectivity index (χ2v) is 3.32. The van der Waals surface area contributed by atoms with Crippen LogP contribution in [0.1, 0.15) is 12.8 Å². The predicted octanol–water partition coefficient (Wildman–Crippen LogP) is -1.40. The lowest BCUT2D eigenvalue weighted by Crippen LogP contribution is -2.35. The number of rotatable bonds is 2. The zero-order valence-corrected chi connectivity index (χ0v) is 7.41. The first-order chi connectivity index (χ1) is 6.60. The molecule has 4 N–H and O–H groups in total. The first-order valence-corrected chi connectivity index (χ1v) is 4.21. The molecule has 0 heterocycles. The summed E-state index contributed by atoms with van der Waals surface area (Å²) in [4.78, 5) is 22.5. The topological polar surface area (TPSA) is 92.4 Å². The van der Waals surface area contributed by atoms with E-state index in [0.717, 1.165) is 0 Å². The van der Waals surface area contributed by atoms with Gasteiger partial charge in [0.2, 0.25) is 11.8 Å². The van der Waals surface area contributed by atoms with Crippen molar-refractivity contribution in [3.8, 4) is 0 Å². The first-order valence-electron chi connectivity index (χ1n) is 4.71. The summed E-state index contributed by atoms with van der Waals surface area (Å²) in [5, 5.41) is 11.8. The highest BCUT2D eigenvalue weighted by Crippen LogP contribution is 2.31. The van der Waals surface area contributed by atoms with E-state index in [1.165, 1.54) is 7.05 Å². The Morgan fingerprint density at radius 1 is 1.54 bits per heavy atom. The normalized spacial score (nSPS) is 33.7. The predicted molar refractivity (Wildman–Crippen MR) is 45.5 cm³/mol. The molecule has 5 nitrogen and oxygen atoms in total. The molecule has 3 atom stereocenters. The molecule has 74 valence electrons. The molecule has 1 aliphatic carbocycles. The third-order valence-corrected chi connectivity index (χ3v) is 2.46. The molecule has 0 spiro atoms. The van der Waals surface area contributed by atoms with Crippen LogP contribution in [0.15, 0.2) is 0 Å². The number of amides is 2. The lowest BCUT2D eigenvalue weighted by molar-refractivity contribution is -0.131. The SMILES string of the molecule is [2H]NC(=O)[C@H]1C[C@@H](O)C[C@@H]1C(=O)NC. The monoisotopic (exact) mass is 187 g/mol. The number of hydrogen-bond acceptors (Lipinski definition) is 3. The van der Waals surface area contributed by atoms with Gasteiger partial charge in [-0.05, 0) is 12.8 Å². The molecule has 1 saturated carbocycles. The van der Waals surface area contributed by atoms with Crippen LogP contribution in [0.25, 0.3) is 0 Å². The van der Waals surface area contributed by atoms with Crippen LogP contribution < -0.4 is 11.0 Å². The fourth-order valence-corrected chi connectivity index (χ4v) is 1.78. The summed E-state index contributed by atoms with van der Waals surface area (Å²) in [6.07, 6.45) is -0.0831. The largest absolute Gasteiger partial charge is 0.393 e. The van der Waals surface area contributed by atoms with Gasteiger partial charge in [0.15, 0.2) is 1.41 Å². The molecule has 0 saturated heterocycles. The number of nitrogens with one attached hydrogen (secondary N) is 1. The molecular weight excluding hydrogens is 172 g/mol. The highest BCUT2D eigenvalue weighted by molar-refractivity contribution is 5.87. The fraction of sp³-hybridized carbons (Fsp3) is 0.750. The molecule has 13 heavy (non-hydrogen) atoms. The third-order valence-electron chi connectivity index (χ3n) is 2.46. The number of hydrogen-bond donors (Lipinski definition) is 3. The van der Waals surface area contributed by atoms with Crippen LogP contribution in [0.4, 0.5) is 0 Å². The molecule has 1 fully saturated rings. The van der Waals surface area contributed by atoms with Crippen molar-refractivity contribution in [3.05, 3.63) is 0 Å². The van der Waals surface area contributed by atoms with Gasteiger partial charge < -0.3 is 16.2 Å². The van der Waals surface area contributed by atoms with Gasteiger partial charge in [-0.2, -0.15) is 0 Å². The molecule has 0 aromatic rings. The van der Waals surface area contributed by atoms with Crippen molar-refractivity contribution in [1.29, 1.82) is 0 Å². The summed E-state index contributed by atoms with van der Waals surface area (Å²) < 4.78 is 6.71. The maximum Gasteiger partial charge on any atom is 0.223 e. The molecule has 0 unspecified atom stereocenters. The minimum Gasteiger partial charge on any atom is -0.393 e. The summed E-state index contributed by atoms with van der Waals surface area (Å²) in [5.41, 5.74) is 1.76. The van der Waals surface area contributed by atoms with Gasteiger partial charge in [0, 0.05) is 7.05 Å². The summed E-state index contributed by atoms with van der Waals surface area (Å²) in [7, 11) is 1.49. The van der Waals surface area contributed by atoms with E-state index in [9.17, 15) is 14.7 Å². The Kier molecular flexibility index (Phi) is 2.44. The Labute approximate surface area is 77.8 Å². The van der Waals surface area contributed by atoms with E-state index in [4.69, 9.17) is 1.41 Å². The van der Waals surface area contributed by atoms with Crippen LogP contribution >= 0.6 is 0 Å². The Hall–Kier alpha value is -1.10. The lowest BCUT2D eigenvalue weighted by Gasteiger charge is -2.13. The van der Waals surface area contributed by atoms with Gasteiger partial charge in [-0.25, -0.2) is 0 Å². The molecule has 0 radical (unpaired) electrons. The Bertz CT molecular complexity index is 223. The quantitative estimate of drug-likeness (QED) is 0.496. The van der Waals surface area contributed by atoms with Gasteiger partial charge in [-0.3, -0.25) is 9.59 Å². The molecule has 0 aromatic heterocycles. The summed E-state index contributed by atoms with van der Waals surface area (Å²) in [5.74, 6) is -1.85. The van der Waals surface area contributed by atoms with E-state index in [1.54, 1.807) is 5.73 Å². The minimum atomic E-state index is -0.625. The number of carbonyl (C=O) groups excluding carboxylic acids is 2. The Morgan fingerprint density at radius 3 is 2.69 bits per heavy atom. The second-order valence-electron chi connectivity index (χ2n) is 3.32. The number of aliphatic hydroxyl groups excluding tert-OH is 1. The van der Waals surface area contributed by atoms with E-state index in [-0.39, 0.29) is 18.7 Å². The average molecular weight is 187 g/mol. The number of primary amides is 1. The van der Waals surface area contributed by atoms with Crippen LogP contribution in [0.5, 0.6) is 0 Å². The van der Waals surface area contributed by atoms with Crippen molar-refractivity contribution in [3.63, 3.8) is 0 Å². The lowest BCUT2D eigenvalue weighted by atomic mass is 9.95. The molecule has 5 heteroatoms. The van der Waals surface area contributed by atoms with Crippen molar-refractivity contribution in [2.45, 2.75) is 18.9 Å². The van der Waals surface area contributed by atoms with Crippen LogP contribution in [-0.4, -0.2) is 30.1 Å². The van der Waals surface area contributed by atoms with Crippen molar-refractivity contribution >= 4 is 11.8 Å². The van der Waals surface area contributed by atoms with E-state index in [0.29, 0.717) is 0 Å². The molecule has 0 bridgehead atoms. The van der Waals surface area contributed by atoms with Gasteiger partial charge in [0.05, 0.1) is 17.9 Å². The van der Waals surface area contributed by atoms with E-state index in [2.05, 4.69) is 5.32 Å². The Morgan fingerprint density at radius 2 is 2.15 bits per heavy atom. The van der Waals surface area contributed by atoms with Gasteiger partial charge in [0.1, 0.15) is 0 Å². The van der Waals surface area contributed by atoms with Gasteiger partial charge in [-0.15, -0.1) is 0 Å². The first kappa shape index (κ1) is 8.50. The van der Waals surface area contributed by atoms with E-state index in [1.807, 2.05) is 0 Å². The molecular formula is C8H14N2O3. The van der Waals surface area contributed by atoms with Gasteiger partial charge in [0.25, 0.3) is 0 Å². The standard InChI is InChI=1S/C8H14N2O3/c1-10-8(13)6-3-4(11)2-5(6)7(9)12/h4-6,11H,2-3H2,1H3,(H2,9,12)(H,10,13)/t4-,5+,6+/m1/s1/i/hD. The summed E-state index contributed by atoms with van der Waals surface area (Å²) in [6.45, 7) is 0. The molecule has 1 aliphatic rings. The molecule has 0 aromatic carbocycles. The van der Waals surface area contributed by atoms with E-state index < -0.39 is 23.8 Å². The number of nitrogens with two attached hydrogens (primary N) is 1. The smallest absolute Gasteiger partial charge is 0.223 e. The van der Waals surface area contributed by atoms with Crippen molar-refractivity contribution in [1.82, 2.24) is 5.32 Å². The highest BCUT2D eigenvalue weighted by Gasteiger charge is 2.40. The van der Waals surface area contributed by atoms with Crippen molar-refractivity contribution < 1.29 is 16.1 Å². The molecule has 0 aliphatic heterocycles. The number of aliphatic hydroxyl groups is 1. The molecule has 2 amide bonds. The van der Waals surface area contributed by atoms with Crippen LogP contribution in [0.2, 0.25) is 1.41 Å². The highest BCUT2D eigenvalue weighted by atomic mass is 16.3. The zero-order chi connectivity index (χ0) is 10.7. The van der Waals surface area contributed by atoms with Crippen molar-refractivity contribution in [2.75, 3.05) is 7.05 Å². The average Bonchev–Trinajstić information content (AvgIpc) is 2.58. The summed E-state index contributed by atoms with van der Waals surface area (Å²) in [6, 6.07) is 0. The Balaban J connectivity index is 2.72. The molecule has 1 rings (SSSR count). The van der Waals surface area contributed by atoms with Crippen LogP contribution in [0.3, 0.4) is 0 Å².